The Kier molecular flexibility index (Phi) is 5.54. The van der Waals surface area contributed by atoms with Crippen molar-refractivity contribution in [2.75, 3.05) is 24.5 Å². The maximum absolute atomic E-state index is 4.78. The minimum Gasteiger partial charge on any atom is -0.356 e. The molecule has 1 aromatic rings. The Morgan fingerprint density at radius 1 is 1.08 bits per heavy atom. The largest absolute Gasteiger partial charge is 0.356 e. The average Bonchev–Trinajstić information content (AvgIpc) is 2.70. The van der Waals surface area contributed by atoms with E-state index < -0.39 is 0 Å². The van der Waals surface area contributed by atoms with E-state index in [0.29, 0.717) is 6.04 Å². The number of nitrogens with zero attached hydrogens (tertiary/aromatic N) is 3. The van der Waals surface area contributed by atoms with E-state index in [9.17, 15) is 0 Å². The molecule has 3 heterocycles. The molecular weight excluding hydrogens is 322 g/mol. The Bertz CT molecular complexity index is 667. The number of amidine groups is 1. The van der Waals surface area contributed by atoms with Crippen LogP contribution in [0.4, 0.5) is 5.82 Å². The number of piperidine rings is 1. The third-order valence-corrected chi connectivity index (χ3v) is 5.82. The molecule has 0 amide bonds. The van der Waals surface area contributed by atoms with Crippen molar-refractivity contribution >= 4 is 11.7 Å². The standard InChI is InChI=1S/C21H31N5/c1-16-14-19(20-22-10-5-11-23-20)21(24-15-16)26-12-8-18(9-13-26)25-17-6-3-2-4-7-17/h5,10,14-15,17-18,25H,2-4,6-9,11-13H2,1H3,(H,22,23). The van der Waals surface area contributed by atoms with Crippen molar-refractivity contribution in [3.05, 3.63) is 35.7 Å². The Balaban J connectivity index is 1.41. The van der Waals surface area contributed by atoms with Crippen LogP contribution in [0.25, 0.3) is 0 Å². The van der Waals surface area contributed by atoms with Crippen LogP contribution in [0.1, 0.15) is 56.1 Å². The minimum absolute atomic E-state index is 0.663. The fourth-order valence-electron chi connectivity index (χ4n) is 4.39. The van der Waals surface area contributed by atoms with Crippen LogP contribution >= 0.6 is 0 Å². The molecule has 0 bridgehead atoms. The van der Waals surface area contributed by atoms with Gasteiger partial charge in [0, 0.05) is 37.6 Å². The Hall–Kier alpha value is -1.88. The van der Waals surface area contributed by atoms with Gasteiger partial charge in [0.25, 0.3) is 0 Å². The van der Waals surface area contributed by atoms with Crippen LogP contribution < -0.4 is 15.5 Å². The summed E-state index contributed by atoms with van der Waals surface area (Å²) in [6.07, 6.45) is 15.3. The number of pyridine rings is 1. The molecule has 1 aliphatic carbocycles. The molecule has 0 unspecified atom stereocenters. The molecule has 0 radical (unpaired) electrons. The second-order valence-electron chi connectivity index (χ2n) is 7.88. The van der Waals surface area contributed by atoms with Crippen molar-refractivity contribution in [1.29, 1.82) is 0 Å². The first-order valence-corrected chi connectivity index (χ1v) is 10.2. The van der Waals surface area contributed by atoms with Crippen LogP contribution in [-0.2, 0) is 0 Å². The highest BCUT2D eigenvalue weighted by atomic mass is 15.2. The molecular formula is C21H31N5. The van der Waals surface area contributed by atoms with E-state index in [1.165, 1.54) is 50.5 Å². The SMILES string of the molecule is Cc1cnc(N2CCC(NC3CCCCC3)CC2)c(C2=NCC=CN2)c1. The maximum Gasteiger partial charge on any atom is 0.139 e. The lowest BCUT2D eigenvalue weighted by Gasteiger charge is -2.37. The highest BCUT2D eigenvalue weighted by Gasteiger charge is 2.25. The molecule has 1 saturated heterocycles. The summed E-state index contributed by atoms with van der Waals surface area (Å²) in [4.78, 5) is 11.8. The highest BCUT2D eigenvalue weighted by molar-refractivity contribution is 6.04. The van der Waals surface area contributed by atoms with Crippen molar-refractivity contribution in [1.82, 2.24) is 15.6 Å². The third-order valence-electron chi connectivity index (χ3n) is 5.82. The Morgan fingerprint density at radius 2 is 1.85 bits per heavy atom. The normalized spacial score (nSPS) is 22.2. The van der Waals surface area contributed by atoms with Gasteiger partial charge in [-0.15, -0.1) is 0 Å². The zero-order chi connectivity index (χ0) is 17.8. The van der Waals surface area contributed by atoms with Crippen LogP contribution in [0.2, 0.25) is 0 Å². The van der Waals surface area contributed by atoms with Gasteiger partial charge in [-0.3, -0.25) is 4.99 Å². The maximum atomic E-state index is 4.78. The monoisotopic (exact) mass is 353 g/mol. The Labute approximate surface area is 157 Å². The summed E-state index contributed by atoms with van der Waals surface area (Å²) in [6.45, 7) is 4.97. The molecule has 1 aromatic heterocycles. The predicted molar refractivity (Wildman–Crippen MR) is 108 cm³/mol. The summed E-state index contributed by atoms with van der Waals surface area (Å²) in [6, 6.07) is 3.62. The van der Waals surface area contributed by atoms with Gasteiger partial charge >= 0.3 is 0 Å². The van der Waals surface area contributed by atoms with E-state index in [1.54, 1.807) is 0 Å². The molecule has 2 N–H and O–H groups in total. The number of aromatic nitrogens is 1. The van der Waals surface area contributed by atoms with Gasteiger partial charge in [0.1, 0.15) is 11.7 Å². The molecule has 0 spiro atoms. The molecule has 3 aliphatic rings. The molecule has 5 heteroatoms. The van der Waals surface area contributed by atoms with Crippen LogP contribution in [-0.4, -0.2) is 42.5 Å². The molecule has 4 rings (SSSR count). The first-order chi connectivity index (χ1) is 12.8. The van der Waals surface area contributed by atoms with Crippen LogP contribution in [0.3, 0.4) is 0 Å². The van der Waals surface area contributed by atoms with Crippen molar-refractivity contribution < 1.29 is 0 Å². The van der Waals surface area contributed by atoms with E-state index in [2.05, 4.69) is 33.5 Å². The summed E-state index contributed by atoms with van der Waals surface area (Å²) in [7, 11) is 0. The quantitative estimate of drug-likeness (QED) is 0.873. The lowest BCUT2D eigenvalue weighted by Crippen LogP contribution is -2.47. The fourth-order valence-corrected chi connectivity index (χ4v) is 4.39. The van der Waals surface area contributed by atoms with Crippen LogP contribution in [0.15, 0.2) is 29.5 Å². The summed E-state index contributed by atoms with van der Waals surface area (Å²) in [5.41, 5.74) is 2.31. The van der Waals surface area contributed by atoms with Crippen molar-refractivity contribution in [3.8, 4) is 0 Å². The number of nitrogens with one attached hydrogen (secondary N) is 2. The van der Waals surface area contributed by atoms with Crippen molar-refractivity contribution in [2.45, 2.75) is 64.0 Å². The average molecular weight is 354 g/mol. The van der Waals surface area contributed by atoms with E-state index >= 15 is 0 Å². The van der Waals surface area contributed by atoms with E-state index in [1.807, 2.05) is 18.5 Å². The van der Waals surface area contributed by atoms with Gasteiger partial charge in [-0.25, -0.2) is 4.98 Å². The zero-order valence-corrected chi connectivity index (χ0v) is 15.9. The molecule has 0 aromatic carbocycles. The fraction of sp³-hybridized carbons (Fsp3) is 0.619. The number of hydrogen-bond acceptors (Lipinski definition) is 5. The van der Waals surface area contributed by atoms with Gasteiger partial charge in [0.15, 0.2) is 0 Å². The first-order valence-electron chi connectivity index (χ1n) is 10.2. The molecule has 0 atom stereocenters. The molecule has 1 saturated carbocycles. The van der Waals surface area contributed by atoms with E-state index in [4.69, 9.17) is 4.98 Å². The smallest absolute Gasteiger partial charge is 0.139 e. The molecule has 2 aliphatic heterocycles. The summed E-state index contributed by atoms with van der Waals surface area (Å²) >= 11 is 0. The lowest BCUT2D eigenvalue weighted by molar-refractivity contribution is 0.307. The first kappa shape index (κ1) is 17.5. The second-order valence-corrected chi connectivity index (χ2v) is 7.88. The predicted octanol–water partition coefficient (Wildman–Crippen LogP) is 3.14. The summed E-state index contributed by atoms with van der Waals surface area (Å²) < 4.78 is 0. The summed E-state index contributed by atoms with van der Waals surface area (Å²) in [5, 5.41) is 7.22. The zero-order valence-electron chi connectivity index (χ0n) is 15.9. The number of aliphatic imine (C=N–C) groups is 1. The van der Waals surface area contributed by atoms with Crippen LogP contribution in [0.5, 0.6) is 0 Å². The van der Waals surface area contributed by atoms with Gasteiger partial charge in [-0.1, -0.05) is 19.3 Å². The van der Waals surface area contributed by atoms with Gasteiger partial charge in [-0.05, 0) is 50.3 Å². The topological polar surface area (TPSA) is 52.6 Å². The lowest BCUT2D eigenvalue weighted by atomic mass is 9.93. The highest BCUT2D eigenvalue weighted by Crippen LogP contribution is 2.25. The van der Waals surface area contributed by atoms with E-state index in [0.717, 1.165) is 42.9 Å². The van der Waals surface area contributed by atoms with Gasteiger partial charge in [0.05, 0.1) is 12.1 Å². The molecule has 140 valence electrons. The second kappa shape index (κ2) is 8.21. The van der Waals surface area contributed by atoms with Gasteiger partial charge in [-0.2, -0.15) is 0 Å². The number of hydrogen-bond donors (Lipinski definition) is 2. The van der Waals surface area contributed by atoms with Gasteiger partial charge < -0.3 is 15.5 Å². The molecule has 2 fully saturated rings. The summed E-state index contributed by atoms with van der Waals surface area (Å²) in [5.74, 6) is 2.02. The molecule has 5 nitrogen and oxygen atoms in total. The number of rotatable bonds is 4. The Morgan fingerprint density at radius 3 is 2.58 bits per heavy atom. The van der Waals surface area contributed by atoms with Gasteiger partial charge in [0.2, 0.25) is 0 Å². The minimum atomic E-state index is 0.663. The third kappa shape index (κ3) is 4.09. The van der Waals surface area contributed by atoms with Crippen molar-refractivity contribution in [2.24, 2.45) is 4.99 Å². The number of aryl methyl sites for hydroxylation is 1. The van der Waals surface area contributed by atoms with E-state index in [-0.39, 0.29) is 0 Å². The van der Waals surface area contributed by atoms with Crippen LogP contribution in [0, 0.1) is 6.92 Å². The molecule has 26 heavy (non-hydrogen) atoms. The van der Waals surface area contributed by atoms with Crippen molar-refractivity contribution in [3.63, 3.8) is 0 Å². The number of anilines is 1.